The molecule has 1 aliphatic heterocycles. The maximum absolute atomic E-state index is 12.3. The van der Waals surface area contributed by atoms with Gasteiger partial charge >= 0.3 is 0 Å². The molecule has 2 atom stereocenters. The van der Waals surface area contributed by atoms with Crippen LogP contribution in [0.15, 0.2) is 0 Å². The molecule has 1 saturated heterocycles. The number of hydrogen-bond acceptors (Lipinski definition) is 3. The molecular formula is C14H27N3O2. The first-order valence-corrected chi connectivity index (χ1v) is 7.39. The molecule has 1 heterocycles. The molecule has 0 unspecified atom stereocenters. The average Bonchev–Trinajstić information content (AvgIpc) is 2.92. The van der Waals surface area contributed by atoms with E-state index >= 15 is 0 Å². The Morgan fingerprint density at radius 3 is 2.68 bits per heavy atom. The van der Waals surface area contributed by atoms with Gasteiger partial charge in [-0.05, 0) is 32.7 Å². The zero-order valence-electron chi connectivity index (χ0n) is 12.4. The highest BCUT2D eigenvalue weighted by atomic mass is 16.2. The highest BCUT2D eigenvalue weighted by Crippen LogP contribution is 2.13. The molecule has 1 rings (SSSR count). The Labute approximate surface area is 116 Å². The summed E-state index contributed by atoms with van der Waals surface area (Å²) in [4.78, 5) is 26.1. The van der Waals surface area contributed by atoms with Gasteiger partial charge in [0, 0.05) is 13.6 Å². The first kappa shape index (κ1) is 16.0. The van der Waals surface area contributed by atoms with E-state index in [0.29, 0.717) is 6.54 Å². The van der Waals surface area contributed by atoms with Crippen molar-refractivity contribution in [3.8, 4) is 0 Å². The molecular weight excluding hydrogens is 242 g/mol. The lowest BCUT2D eigenvalue weighted by Gasteiger charge is -2.29. The maximum atomic E-state index is 12.3. The lowest BCUT2D eigenvalue weighted by atomic mass is 10.1. The Hall–Kier alpha value is -1.10. The highest BCUT2D eigenvalue weighted by molar-refractivity contribution is 5.89. The smallest absolute Gasteiger partial charge is 0.242 e. The molecule has 0 spiro atoms. The fourth-order valence-electron chi connectivity index (χ4n) is 2.48. The van der Waals surface area contributed by atoms with Gasteiger partial charge < -0.3 is 15.5 Å². The number of carbonyl (C=O) groups excluding carboxylic acids is 2. The predicted molar refractivity (Wildman–Crippen MR) is 75.8 cm³/mol. The maximum Gasteiger partial charge on any atom is 0.242 e. The average molecular weight is 269 g/mol. The van der Waals surface area contributed by atoms with E-state index in [4.69, 9.17) is 0 Å². The van der Waals surface area contributed by atoms with Crippen molar-refractivity contribution in [2.75, 3.05) is 20.1 Å². The van der Waals surface area contributed by atoms with Crippen LogP contribution in [0, 0.1) is 0 Å². The van der Waals surface area contributed by atoms with E-state index in [1.807, 2.05) is 6.92 Å². The van der Waals surface area contributed by atoms with Gasteiger partial charge in [0.2, 0.25) is 11.8 Å². The molecule has 0 aromatic carbocycles. The fourth-order valence-corrected chi connectivity index (χ4v) is 2.48. The Morgan fingerprint density at radius 2 is 2.16 bits per heavy atom. The quantitative estimate of drug-likeness (QED) is 0.721. The van der Waals surface area contributed by atoms with E-state index in [9.17, 15) is 9.59 Å². The van der Waals surface area contributed by atoms with Crippen LogP contribution in [0.25, 0.3) is 0 Å². The molecule has 0 bridgehead atoms. The number of nitrogens with zero attached hydrogens (tertiary/aromatic N) is 1. The van der Waals surface area contributed by atoms with Gasteiger partial charge in [-0.25, -0.2) is 0 Å². The van der Waals surface area contributed by atoms with Gasteiger partial charge in [0.15, 0.2) is 0 Å². The second-order valence-electron chi connectivity index (χ2n) is 5.15. The van der Waals surface area contributed by atoms with E-state index in [1.165, 1.54) is 0 Å². The minimum atomic E-state index is -0.338. The summed E-state index contributed by atoms with van der Waals surface area (Å²) in [6, 6.07) is -0.446. The lowest BCUT2D eigenvalue weighted by molar-refractivity contribution is -0.140. The summed E-state index contributed by atoms with van der Waals surface area (Å²) in [5, 5.41) is 6.02. The van der Waals surface area contributed by atoms with Gasteiger partial charge in [0.05, 0.1) is 6.04 Å². The summed E-state index contributed by atoms with van der Waals surface area (Å²) in [5.41, 5.74) is 0. The molecule has 1 aliphatic rings. The minimum absolute atomic E-state index is 0.0372. The summed E-state index contributed by atoms with van der Waals surface area (Å²) in [5.74, 6) is 0.00894. The van der Waals surface area contributed by atoms with Gasteiger partial charge in [0.25, 0.3) is 0 Å². The first-order valence-electron chi connectivity index (χ1n) is 7.39. The van der Waals surface area contributed by atoms with Gasteiger partial charge in [-0.15, -0.1) is 0 Å². The van der Waals surface area contributed by atoms with Crippen molar-refractivity contribution >= 4 is 11.8 Å². The molecule has 5 heteroatoms. The minimum Gasteiger partial charge on any atom is -0.355 e. The topological polar surface area (TPSA) is 61.4 Å². The summed E-state index contributed by atoms with van der Waals surface area (Å²) in [7, 11) is 1.75. The Balaban J connectivity index is 2.65. The normalized spacial score (nSPS) is 20.1. The van der Waals surface area contributed by atoms with Crippen LogP contribution < -0.4 is 10.6 Å². The van der Waals surface area contributed by atoms with Crippen LogP contribution in [0.3, 0.4) is 0 Å². The van der Waals surface area contributed by atoms with Gasteiger partial charge in [0.1, 0.15) is 6.04 Å². The summed E-state index contributed by atoms with van der Waals surface area (Å²) in [6.07, 6.45) is 4.62. The third-order valence-electron chi connectivity index (χ3n) is 3.66. The highest BCUT2D eigenvalue weighted by Gasteiger charge is 2.31. The zero-order chi connectivity index (χ0) is 14.3. The molecule has 2 amide bonds. The van der Waals surface area contributed by atoms with Crippen LogP contribution >= 0.6 is 0 Å². The molecule has 0 aliphatic carbocycles. The number of amides is 2. The van der Waals surface area contributed by atoms with E-state index < -0.39 is 0 Å². The monoisotopic (exact) mass is 269 g/mol. The summed E-state index contributed by atoms with van der Waals surface area (Å²) >= 11 is 0. The first-order chi connectivity index (χ1) is 9.11. The summed E-state index contributed by atoms with van der Waals surface area (Å²) < 4.78 is 0. The Morgan fingerprint density at radius 1 is 1.42 bits per heavy atom. The summed E-state index contributed by atoms with van der Waals surface area (Å²) in [6.45, 7) is 5.49. The van der Waals surface area contributed by atoms with Gasteiger partial charge in [-0.2, -0.15) is 0 Å². The van der Waals surface area contributed by atoms with E-state index in [-0.39, 0.29) is 23.9 Å². The molecule has 2 N–H and O–H groups in total. The van der Waals surface area contributed by atoms with Crippen LogP contribution in [0.1, 0.15) is 46.0 Å². The lowest BCUT2D eigenvalue weighted by Crippen LogP contribution is -2.52. The Bertz CT molecular complexity index is 301. The third kappa shape index (κ3) is 4.49. The van der Waals surface area contributed by atoms with Crippen molar-refractivity contribution in [3.63, 3.8) is 0 Å². The van der Waals surface area contributed by atoms with Crippen molar-refractivity contribution < 1.29 is 9.59 Å². The predicted octanol–water partition coefficient (Wildman–Crippen LogP) is 0.892. The van der Waals surface area contributed by atoms with Gasteiger partial charge in [-0.1, -0.05) is 19.8 Å². The number of carbonyl (C=O) groups is 2. The molecule has 0 aromatic heterocycles. The van der Waals surface area contributed by atoms with Crippen LogP contribution in [-0.2, 0) is 9.59 Å². The second-order valence-corrected chi connectivity index (χ2v) is 5.15. The zero-order valence-corrected chi connectivity index (χ0v) is 12.4. The van der Waals surface area contributed by atoms with Crippen LogP contribution in [-0.4, -0.2) is 48.9 Å². The largest absolute Gasteiger partial charge is 0.355 e. The Kier molecular flexibility index (Phi) is 6.84. The number of hydrogen-bond donors (Lipinski definition) is 2. The van der Waals surface area contributed by atoms with E-state index in [1.54, 1.807) is 11.9 Å². The number of rotatable bonds is 7. The molecule has 0 radical (unpaired) electrons. The fraction of sp³-hybridized carbons (Fsp3) is 0.857. The molecule has 19 heavy (non-hydrogen) atoms. The van der Waals surface area contributed by atoms with Crippen molar-refractivity contribution in [3.05, 3.63) is 0 Å². The number of likely N-dealkylation sites (N-methyl/N-ethyl adjacent to an activating group) is 2. The molecule has 5 nitrogen and oxygen atoms in total. The number of unbranched alkanes of at least 4 members (excludes halogenated alkanes) is 1. The van der Waals surface area contributed by atoms with Crippen LogP contribution in [0.4, 0.5) is 0 Å². The van der Waals surface area contributed by atoms with Crippen molar-refractivity contribution in [1.29, 1.82) is 0 Å². The van der Waals surface area contributed by atoms with Crippen LogP contribution in [0.2, 0.25) is 0 Å². The molecule has 0 saturated carbocycles. The number of nitrogens with one attached hydrogen (secondary N) is 2. The second kappa shape index (κ2) is 8.15. The molecule has 110 valence electrons. The SMILES string of the molecule is CCCC[C@@H](C(=O)NCC)N(C)C(=O)[C@@H]1CCCN1. The third-order valence-corrected chi connectivity index (χ3v) is 3.66. The standard InChI is InChI=1S/C14H27N3O2/c1-4-6-9-12(13(18)15-5-2)17(3)14(19)11-8-7-10-16-11/h11-12,16H,4-10H2,1-3H3,(H,15,18)/t11-,12-/m0/s1. The van der Waals surface area contributed by atoms with Crippen LogP contribution in [0.5, 0.6) is 0 Å². The van der Waals surface area contributed by atoms with Crippen molar-refractivity contribution in [2.24, 2.45) is 0 Å². The van der Waals surface area contributed by atoms with E-state index in [0.717, 1.165) is 38.6 Å². The van der Waals surface area contributed by atoms with Crippen molar-refractivity contribution in [2.45, 2.75) is 58.0 Å². The van der Waals surface area contributed by atoms with Gasteiger partial charge in [-0.3, -0.25) is 9.59 Å². The van der Waals surface area contributed by atoms with Crippen molar-refractivity contribution in [1.82, 2.24) is 15.5 Å². The molecule has 0 aromatic rings. The molecule has 1 fully saturated rings. The van der Waals surface area contributed by atoms with E-state index in [2.05, 4.69) is 17.6 Å².